The SMILES string of the molecule is CCOCCCN1C[C@@H](C)[C@H](C(=O)O)C1. The summed E-state index contributed by atoms with van der Waals surface area (Å²) in [5.41, 5.74) is 0. The van der Waals surface area contributed by atoms with Gasteiger partial charge in [-0.3, -0.25) is 4.79 Å². The molecule has 0 radical (unpaired) electrons. The number of aliphatic carboxylic acids is 1. The van der Waals surface area contributed by atoms with Crippen molar-refractivity contribution in [2.75, 3.05) is 32.8 Å². The number of ether oxygens (including phenoxy) is 1. The van der Waals surface area contributed by atoms with Gasteiger partial charge in [0.1, 0.15) is 0 Å². The van der Waals surface area contributed by atoms with Crippen molar-refractivity contribution >= 4 is 5.97 Å². The van der Waals surface area contributed by atoms with Crippen LogP contribution >= 0.6 is 0 Å². The smallest absolute Gasteiger partial charge is 0.308 e. The molecule has 1 N–H and O–H groups in total. The Morgan fingerprint density at radius 1 is 1.53 bits per heavy atom. The molecule has 0 amide bonds. The first-order chi connectivity index (χ1) is 7.15. The second kappa shape index (κ2) is 6.08. The van der Waals surface area contributed by atoms with Crippen LogP contribution in [0.2, 0.25) is 0 Å². The van der Waals surface area contributed by atoms with Gasteiger partial charge in [-0.1, -0.05) is 6.92 Å². The van der Waals surface area contributed by atoms with Gasteiger partial charge in [-0.2, -0.15) is 0 Å². The largest absolute Gasteiger partial charge is 0.481 e. The quantitative estimate of drug-likeness (QED) is 0.673. The van der Waals surface area contributed by atoms with Crippen LogP contribution in [0.25, 0.3) is 0 Å². The van der Waals surface area contributed by atoms with E-state index in [0.717, 1.165) is 32.7 Å². The molecule has 4 nitrogen and oxygen atoms in total. The van der Waals surface area contributed by atoms with E-state index < -0.39 is 5.97 Å². The van der Waals surface area contributed by atoms with Gasteiger partial charge < -0.3 is 14.7 Å². The summed E-state index contributed by atoms with van der Waals surface area (Å²) in [6.07, 6.45) is 0.993. The van der Waals surface area contributed by atoms with Gasteiger partial charge in [-0.25, -0.2) is 0 Å². The molecule has 0 spiro atoms. The van der Waals surface area contributed by atoms with Crippen LogP contribution in [0.3, 0.4) is 0 Å². The minimum absolute atomic E-state index is 0.183. The van der Waals surface area contributed by atoms with Crippen LogP contribution in [-0.4, -0.2) is 48.8 Å². The molecule has 0 aromatic carbocycles. The van der Waals surface area contributed by atoms with Crippen molar-refractivity contribution in [3.63, 3.8) is 0 Å². The molecule has 1 rings (SSSR count). The molecule has 0 unspecified atom stereocenters. The highest BCUT2D eigenvalue weighted by Gasteiger charge is 2.34. The fraction of sp³-hybridized carbons (Fsp3) is 0.909. The molecule has 1 aliphatic heterocycles. The zero-order valence-electron chi connectivity index (χ0n) is 9.61. The summed E-state index contributed by atoms with van der Waals surface area (Å²) in [6, 6.07) is 0. The maximum atomic E-state index is 10.9. The zero-order chi connectivity index (χ0) is 11.3. The Kier molecular flexibility index (Phi) is 5.05. The third-order valence-electron chi connectivity index (χ3n) is 2.97. The fourth-order valence-corrected chi connectivity index (χ4v) is 2.11. The monoisotopic (exact) mass is 215 g/mol. The van der Waals surface area contributed by atoms with Gasteiger partial charge in [0.25, 0.3) is 0 Å². The van der Waals surface area contributed by atoms with Crippen LogP contribution < -0.4 is 0 Å². The lowest BCUT2D eigenvalue weighted by atomic mass is 9.99. The topological polar surface area (TPSA) is 49.8 Å². The summed E-state index contributed by atoms with van der Waals surface area (Å²) >= 11 is 0. The number of hydrogen-bond acceptors (Lipinski definition) is 3. The van der Waals surface area contributed by atoms with Crippen molar-refractivity contribution in [1.29, 1.82) is 0 Å². The average Bonchev–Trinajstić information content (AvgIpc) is 2.55. The molecular weight excluding hydrogens is 194 g/mol. The normalized spacial score (nSPS) is 27.1. The molecule has 4 heteroatoms. The number of carboxylic acid groups (broad SMARTS) is 1. The molecule has 1 fully saturated rings. The average molecular weight is 215 g/mol. The predicted octanol–water partition coefficient (Wildman–Crippen LogP) is 1.07. The van der Waals surface area contributed by atoms with Gasteiger partial charge in [-0.05, 0) is 19.3 Å². The molecule has 1 saturated heterocycles. The highest BCUT2D eigenvalue weighted by Crippen LogP contribution is 2.22. The molecule has 15 heavy (non-hydrogen) atoms. The highest BCUT2D eigenvalue weighted by atomic mass is 16.5. The van der Waals surface area contributed by atoms with Crippen LogP contribution in [-0.2, 0) is 9.53 Å². The second-order valence-electron chi connectivity index (χ2n) is 4.23. The molecular formula is C11H21NO3. The van der Waals surface area contributed by atoms with Crippen LogP contribution in [0, 0.1) is 11.8 Å². The maximum absolute atomic E-state index is 10.9. The lowest BCUT2D eigenvalue weighted by Crippen LogP contribution is -2.25. The first kappa shape index (κ1) is 12.5. The fourth-order valence-electron chi connectivity index (χ4n) is 2.11. The van der Waals surface area contributed by atoms with Gasteiger partial charge in [0, 0.05) is 32.8 Å². The van der Waals surface area contributed by atoms with E-state index in [4.69, 9.17) is 9.84 Å². The van der Waals surface area contributed by atoms with E-state index in [1.807, 2.05) is 13.8 Å². The van der Waals surface area contributed by atoms with Gasteiger partial charge in [0.15, 0.2) is 0 Å². The lowest BCUT2D eigenvalue weighted by Gasteiger charge is -2.14. The summed E-state index contributed by atoms with van der Waals surface area (Å²) in [7, 11) is 0. The summed E-state index contributed by atoms with van der Waals surface area (Å²) in [6.45, 7) is 8.09. The molecule has 1 heterocycles. The second-order valence-corrected chi connectivity index (χ2v) is 4.23. The van der Waals surface area contributed by atoms with E-state index in [2.05, 4.69) is 4.90 Å². The maximum Gasteiger partial charge on any atom is 0.308 e. The van der Waals surface area contributed by atoms with Gasteiger partial charge in [-0.15, -0.1) is 0 Å². The third kappa shape index (κ3) is 3.80. The molecule has 88 valence electrons. The van der Waals surface area contributed by atoms with E-state index in [9.17, 15) is 4.79 Å². The van der Waals surface area contributed by atoms with Crippen LogP contribution in [0.4, 0.5) is 0 Å². The Bertz CT molecular complexity index is 208. The van der Waals surface area contributed by atoms with E-state index >= 15 is 0 Å². The molecule has 0 bridgehead atoms. The van der Waals surface area contributed by atoms with Crippen LogP contribution in [0.1, 0.15) is 20.3 Å². The third-order valence-corrected chi connectivity index (χ3v) is 2.97. The summed E-state index contributed by atoms with van der Waals surface area (Å²) in [5, 5.41) is 8.96. The molecule has 0 aromatic rings. The van der Waals surface area contributed by atoms with Crippen molar-refractivity contribution in [3.8, 4) is 0 Å². The van der Waals surface area contributed by atoms with Crippen LogP contribution in [0.5, 0.6) is 0 Å². The number of hydrogen-bond donors (Lipinski definition) is 1. The Morgan fingerprint density at radius 2 is 2.27 bits per heavy atom. The van der Waals surface area contributed by atoms with E-state index in [1.54, 1.807) is 0 Å². The number of carbonyl (C=O) groups is 1. The van der Waals surface area contributed by atoms with E-state index in [-0.39, 0.29) is 11.8 Å². The van der Waals surface area contributed by atoms with Crippen molar-refractivity contribution in [2.24, 2.45) is 11.8 Å². The van der Waals surface area contributed by atoms with Crippen molar-refractivity contribution < 1.29 is 14.6 Å². The zero-order valence-corrected chi connectivity index (χ0v) is 9.61. The number of rotatable bonds is 6. The van der Waals surface area contributed by atoms with Gasteiger partial charge >= 0.3 is 5.97 Å². The number of nitrogens with zero attached hydrogens (tertiary/aromatic N) is 1. The van der Waals surface area contributed by atoms with Crippen molar-refractivity contribution in [3.05, 3.63) is 0 Å². The molecule has 1 aliphatic rings. The first-order valence-electron chi connectivity index (χ1n) is 5.68. The standard InChI is InChI=1S/C11H21NO3/c1-3-15-6-4-5-12-7-9(2)10(8-12)11(13)14/h9-10H,3-8H2,1-2H3,(H,13,14)/t9-,10-/m1/s1. The van der Waals surface area contributed by atoms with Gasteiger partial charge in [0.05, 0.1) is 5.92 Å². The van der Waals surface area contributed by atoms with Crippen molar-refractivity contribution in [2.45, 2.75) is 20.3 Å². The number of likely N-dealkylation sites (tertiary alicyclic amines) is 1. The Hall–Kier alpha value is -0.610. The molecule has 2 atom stereocenters. The van der Waals surface area contributed by atoms with E-state index in [1.165, 1.54) is 0 Å². The molecule has 0 saturated carbocycles. The van der Waals surface area contributed by atoms with Crippen molar-refractivity contribution in [1.82, 2.24) is 4.90 Å². The summed E-state index contributed by atoms with van der Waals surface area (Å²) in [5.74, 6) is -0.568. The minimum atomic E-state index is -0.658. The minimum Gasteiger partial charge on any atom is -0.481 e. The Labute approximate surface area is 91.2 Å². The van der Waals surface area contributed by atoms with Gasteiger partial charge in [0.2, 0.25) is 0 Å². The molecule has 0 aromatic heterocycles. The Balaban J connectivity index is 2.20. The van der Waals surface area contributed by atoms with Crippen LogP contribution in [0.15, 0.2) is 0 Å². The van der Waals surface area contributed by atoms with E-state index in [0.29, 0.717) is 6.54 Å². The first-order valence-corrected chi connectivity index (χ1v) is 5.68. The highest BCUT2D eigenvalue weighted by molar-refractivity contribution is 5.71. The molecule has 0 aliphatic carbocycles. The Morgan fingerprint density at radius 3 is 2.80 bits per heavy atom. The summed E-state index contributed by atoms with van der Waals surface area (Å²) < 4.78 is 5.25. The number of carboxylic acids is 1. The summed E-state index contributed by atoms with van der Waals surface area (Å²) in [4.78, 5) is 13.1. The lowest BCUT2D eigenvalue weighted by molar-refractivity contribution is -0.142. The predicted molar refractivity (Wildman–Crippen MR) is 57.8 cm³/mol.